The van der Waals surface area contributed by atoms with E-state index < -0.39 is 0 Å². The van der Waals surface area contributed by atoms with Crippen molar-refractivity contribution in [3.63, 3.8) is 0 Å². The highest BCUT2D eigenvalue weighted by Gasteiger charge is 2.03. The van der Waals surface area contributed by atoms with E-state index in [1.54, 1.807) is 0 Å². The molecule has 0 fully saturated rings. The van der Waals surface area contributed by atoms with E-state index in [1.165, 1.54) is 5.56 Å². The van der Waals surface area contributed by atoms with Crippen LogP contribution in [0.3, 0.4) is 0 Å². The lowest BCUT2D eigenvalue weighted by molar-refractivity contribution is 1.15. The number of aromatic nitrogens is 2. The van der Waals surface area contributed by atoms with E-state index in [2.05, 4.69) is 28.4 Å². The van der Waals surface area contributed by atoms with Gasteiger partial charge < -0.3 is 4.98 Å². The van der Waals surface area contributed by atoms with Crippen molar-refractivity contribution >= 4 is 17.0 Å². The van der Waals surface area contributed by atoms with Crippen LogP contribution < -0.4 is 11.3 Å². The van der Waals surface area contributed by atoms with Gasteiger partial charge >= 0.3 is 0 Å². The summed E-state index contributed by atoms with van der Waals surface area (Å²) in [6.45, 7) is 2.11. The summed E-state index contributed by atoms with van der Waals surface area (Å²) in [5, 5.41) is 0. The summed E-state index contributed by atoms with van der Waals surface area (Å²) < 4.78 is 0. The van der Waals surface area contributed by atoms with Crippen LogP contribution in [0.5, 0.6) is 0 Å². The Morgan fingerprint density at radius 3 is 3.08 bits per heavy atom. The Kier molecular flexibility index (Phi) is 1.90. The average molecular weight is 176 g/mol. The molecule has 0 aliphatic rings. The SMILES string of the molecule is CCc1cccc2[nH]c(NN)nc12. The highest BCUT2D eigenvalue weighted by Crippen LogP contribution is 2.18. The van der Waals surface area contributed by atoms with Crippen molar-refractivity contribution in [3.8, 4) is 0 Å². The summed E-state index contributed by atoms with van der Waals surface area (Å²) in [5.74, 6) is 5.87. The number of nitrogens with one attached hydrogen (secondary N) is 2. The van der Waals surface area contributed by atoms with Gasteiger partial charge in [-0.1, -0.05) is 19.1 Å². The monoisotopic (exact) mass is 176 g/mol. The van der Waals surface area contributed by atoms with Crippen molar-refractivity contribution in [1.29, 1.82) is 0 Å². The fraction of sp³-hybridized carbons (Fsp3) is 0.222. The van der Waals surface area contributed by atoms with Gasteiger partial charge in [-0.25, -0.2) is 10.8 Å². The number of nitrogens with two attached hydrogens (primary N) is 1. The van der Waals surface area contributed by atoms with E-state index in [4.69, 9.17) is 5.84 Å². The summed E-state index contributed by atoms with van der Waals surface area (Å²) in [5.41, 5.74) is 5.75. The second-order valence-electron chi connectivity index (χ2n) is 2.90. The molecular weight excluding hydrogens is 164 g/mol. The fourth-order valence-corrected chi connectivity index (χ4v) is 1.45. The highest BCUT2D eigenvalue weighted by atomic mass is 15.3. The van der Waals surface area contributed by atoms with E-state index in [9.17, 15) is 0 Å². The number of para-hydroxylation sites is 1. The summed E-state index contributed by atoms with van der Waals surface area (Å²) in [4.78, 5) is 7.38. The molecule has 1 aromatic heterocycles. The summed E-state index contributed by atoms with van der Waals surface area (Å²) in [7, 11) is 0. The molecule has 0 unspecified atom stereocenters. The Hall–Kier alpha value is -1.55. The third kappa shape index (κ3) is 1.25. The smallest absolute Gasteiger partial charge is 0.215 e. The standard InChI is InChI=1S/C9H12N4/c1-2-6-4-3-5-7-8(6)12-9(11-7)13-10/h3-5H,2,10H2,1H3,(H2,11,12,13). The van der Waals surface area contributed by atoms with E-state index in [0.717, 1.165) is 17.5 Å². The van der Waals surface area contributed by atoms with Gasteiger partial charge in [-0.15, -0.1) is 0 Å². The van der Waals surface area contributed by atoms with Crippen LogP contribution in [0.1, 0.15) is 12.5 Å². The van der Waals surface area contributed by atoms with Crippen LogP contribution in [0, 0.1) is 0 Å². The predicted octanol–water partition coefficient (Wildman–Crippen LogP) is 1.41. The summed E-state index contributed by atoms with van der Waals surface area (Å²) >= 11 is 0. The first kappa shape index (κ1) is 8.07. The second kappa shape index (κ2) is 3.06. The Bertz CT molecular complexity index is 418. The molecule has 4 nitrogen and oxygen atoms in total. The van der Waals surface area contributed by atoms with Crippen molar-refractivity contribution < 1.29 is 0 Å². The number of hydrazine groups is 1. The van der Waals surface area contributed by atoms with Crippen LogP contribution >= 0.6 is 0 Å². The molecular formula is C9H12N4. The number of hydrogen-bond donors (Lipinski definition) is 3. The zero-order valence-electron chi connectivity index (χ0n) is 7.46. The number of anilines is 1. The molecule has 2 rings (SSSR count). The van der Waals surface area contributed by atoms with Crippen molar-refractivity contribution in [2.45, 2.75) is 13.3 Å². The van der Waals surface area contributed by atoms with Crippen LogP contribution in [0.4, 0.5) is 5.95 Å². The molecule has 2 aromatic rings. The van der Waals surface area contributed by atoms with Gasteiger partial charge in [0.1, 0.15) is 0 Å². The normalized spacial score (nSPS) is 10.6. The predicted molar refractivity (Wildman–Crippen MR) is 53.3 cm³/mol. The Morgan fingerprint density at radius 2 is 2.38 bits per heavy atom. The van der Waals surface area contributed by atoms with Gasteiger partial charge in [-0.3, -0.25) is 5.43 Å². The lowest BCUT2D eigenvalue weighted by Gasteiger charge is -1.95. The van der Waals surface area contributed by atoms with Crippen LogP contribution in [-0.4, -0.2) is 9.97 Å². The number of H-pyrrole nitrogens is 1. The lowest BCUT2D eigenvalue weighted by atomic mass is 10.1. The van der Waals surface area contributed by atoms with E-state index in [-0.39, 0.29) is 0 Å². The maximum Gasteiger partial charge on any atom is 0.215 e. The second-order valence-corrected chi connectivity index (χ2v) is 2.90. The molecule has 0 spiro atoms. The number of aryl methyl sites for hydroxylation is 1. The quantitative estimate of drug-likeness (QED) is 0.478. The van der Waals surface area contributed by atoms with Gasteiger partial charge in [0, 0.05) is 0 Å². The topological polar surface area (TPSA) is 66.7 Å². The van der Waals surface area contributed by atoms with Crippen molar-refractivity contribution in [2.75, 3.05) is 5.43 Å². The third-order valence-electron chi connectivity index (χ3n) is 2.11. The number of benzene rings is 1. The summed E-state index contributed by atoms with van der Waals surface area (Å²) in [6, 6.07) is 6.07. The molecule has 0 saturated carbocycles. The van der Waals surface area contributed by atoms with Gasteiger partial charge in [0.05, 0.1) is 11.0 Å². The molecule has 4 N–H and O–H groups in total. The molecule has 0 aliphatic carbocycles. The number of aromatic amines is 1. The molecule has 1 aromatic carbocycles. The minimum Gasteiger partial charge on any atom is -0.323 e. The average Bonchev–Trinajstić information content (AvgIpc) is 2.59. The zero-order chi connectivity index (χ0) is 9.26. The van der Waals surface area contributed by atoms with Crippen molar-refractivity contribution in [2.24, 2.45) is 5.84 Å². The van der Waals surface area contributed by atoms with Crippen molar-refractivity contribution in [1.82, 2.24) is 9.97 Å². The van der Waals surface area contributed by atoms with Crippen LogP contribution in [0.2, 0.25) is 0 Å². The van der Waals surface area contributed by atoms with Gasteiger partial charge in [0.15, 0.2) is 0 Å². The van der Waals surface area contributed by atoms with E-state index >= 15 is 0 Å². The molecule has 0 saturated heterocycles. The molecule has 1 heterocycles. The summed E-state index contributed by atoms with van der Waals surface area (Å²) in [6.07, 6.45) is 0.978. The number of imidazole rings is 1. The van der Waals surface area contributed by atoms with Crippen molar-refractivity contribution in [3.05, 3.63) is 23.8 Å². The molecule has 68 valence electrons. The number of fused-ring (bicyclic) bond motifs is 1. The first-order valence-corrected chi connectivity index (χ1v) is 4.29. The molecule has 0 aliphatic heterocycles. The molecule has 0 bridgehead atoms. The molecule has 4 heteroatoms. The number of rotatable bonds is 2. The minimum absolute atomic E-state index is 0.607. The number of nitrogen functional groups attached to an aromatic ring is 1. The Balaban J connectivity index is 2.67. The third-order valence-corrected chi connectivity index (χ3v) is 2.11. The lowest BCUT2D eigenvalue weighted by Crippen LogP contribution is -2.07. The van der Waals surface area contributed by atoms with Crippen LogP contribution in [-0.2, 0) is 6.42 Å². The first-order chi connectivity index (χ1) is 6.35. The largest absolute Gasteiger partial charge is 0.323 e. The van der Waals surface area contributed by atoms with Gasteiger partial charge in [0.2, 0.25) is 5.95 Å². The maximum absolute atomic E-state index is 5.26. The minimum atomic E-state index is 0.607. The zero-order valence-corrected chi connectivity index (χ0v) is 7.46. The van der Waals surface area contributed by atoms with Crippen LogP contribution in [0.25, 0.3) is 11.0 Å². The Morgan fingerprint density at radius 1 is 1.54 bits per heavy atom. The van der Waals surface area contributed by atoms with E-state index in [1.807, 2.05) is 12.1 Å². The molecule has 0 amide bonds. The molecule has 0 radical (unpaired) electrons. The van der Waals surface area contributed by atoms with Gasteiger partial charge in [-0.05, 0) is 18.1 Å². The fourth-order valence-electron chi connectivity index (χ4n) is 1.45. The van der Waals surface area contributed by atoms with Gasteiger partial charge in [0.25, 0.3) is 0 Å². The maximum atomic E-state index is 5.26. The number of nitrogens with zero attached hydrogens (tertiary/aromatic N) is 1. The first-order valence-electron chi connectivity index (χ1n) is 4.29. The van der Waals surface area contributed by atoms with E-state index in [0.29, 0.717) is 5.95 Å². The van der Waals surface area contributed by atoms with Crippen LogP contribution in [0.15, 0.2) is 18.2 Å². The molecule has 0 atom stereocenters. The Labute approximate surface area is 76.1 Å². The molecule has 13 heavy (non-hydrogen) atoms. The van der Waals surface area contributed by atoms with Gasteiger partial charge in [-0.2, -0.15) is 0 Å². The number of hydrogen-bond acceptors (Lipinski definition) is 3. The highest BCUT2D eigenvalue weighted by molar-refractivity contribution is 5.80.